The molecule has 1 aliphatic heterocycles. The summed E-state index contributed by atoms with van der Waals surface area (Å²) in [7, 11) is 4.37. The summed E-state index contributed by atoms with van der Waals surface area (Å²) in [5.41, 5.74) is 2.43. The van der Waals surface area contributed by atoms with Gasteiger partial charge in [-0.2, -0.15) is 0 Å². The Morgan fingerprint density at radius 2 is 1.58 bits per heavy atom. The zero-order valence-corrected chi connectivity index (χ0v) is 21.8. The fraction of sp³-hybridized carbons (Fsp3) is 0.233. The van der Waals surface area contributed by atoms with Crippen molar-refractivity contribution in [3.05, 3.63) is 94.6 Å². The molecular weight excluding hydrogens is 486 g/mol. The summed E-state index contributed by atoms with van der Waals surface area (Å²) >= 11 is 0. The second kappa shape index (κ2) is 10.8. The van der Waals surface area contributed by atoms with E-state index in [0.717, 1.165) is 5.56 Å². The summed E-state index contributed by atoms with van der Waals surface area (Å²) in [6.07, 6.45) is 0. The van der Waals surface area contributed by atoms with Crippen molar-refractivity contribution in [2.24, 2.45) is 0 Å². The third-order valence-electron chi connectivity index (χ3n) is 6.55. The quantitative estimate of drug-likeness (QED) is 0.199. The predicted octanol–water partition coefficient (Wildman–Crippen LogP) is 5.24. The zero-order valence-electron chi connectivity index (χ0n) is 21.8. The van der Waals surface area contributed by atoms with Crippen LogP contribution in [0.4, 0.5) is 5.69 Å². The summed E-state index contributed by atoms with van der Waals surface area (Å²) < 4.78 is 15.6. The molecule has 1 amide bonds. The fourth-order valence-electron chi connectivity index (χ4n) is 4.59. The van der Waals surface area contributed by atoms with Crippen LogP contribution in [0.5, 0.6) is 11.5 Å². The van der Waals surface area contributed by atoms with Crippen LogP contribution in [0.2, 0.25) is 0 Å². The Morgan fingerprint density at radius 1 is 0.895 bits per heavy atom. The third-order valence-corrected chi connectivity index (χ3v) is 6.55. The van der Waals surface area contributed by atoms with Crippen molar-refractivity contribution in [2.75, 3.05) is 26.2 Å². The minimum Gasteiger partial charge on any atom is -0.507 e. The maximum Gasteiger partial charge on any atom is 0.337 e. The summed E-state index contributed by atoms with van der Waals surface area (Å²) in [5, 5.41) is 11.5. The standard InChI is InChI=1S/C30H29NO7/c1-17(2)23-16-20(11-14-24(23)37-4)27(32)25-26(19-7-6-8-22(15-19)36-3)31(29(34)28(25)33)21-12-9-18(10-13-21)30(35)38-5/h6-17,26,32H,1-5H3/b27-25-. The number of rotatable bonds is 7. The molecule has 1 fully saturated rings. The van der Waals surface area contributed by atoms with Crippen molar-refractivity contribution in [2.45, 2.75) is 25.8 Å². The molecule has 196 valence electrons. The van der Waals surface area contributed by atoms with Gasteiger partial charge in [0.15, 0.2) is 0 Å². The number of nitrogens with zero attached hydrogens (tertiary/aromatic N) is 1. The number of methoxy groups -OCH3 is 3. The van der Waals surface area contributed by atoms with Crippen LogP contribution in [0.1, 0.15) is 52.9 Å². The van der Waals surface area contributed by atoms with Gasteiger partial charge in [-0.1, -0.05) is 26.0 Å². The van der Waals surface area contributed by atoms with Gasteiger partial charge in [-0.3, -0.25) is 14.5 Å². The lowest BCUT2D eigenvalue weighted by molar-refractivity contribution is -0.132. The van der Waals surface area contributed by atoms with Gasteiger partial charge in [-0.05, 0) is 71.6 Å². The number of Topliss-reactive ketones (excluding diaryl/α,β-unsaturated/α-hetero) is 1. The monoisotopic (exact) mass is 515 g/mol. The third kappa shape index (κ3) is 4.72. The molecule has 1 aliphatic rings. The largest absolute Gasteiger partial charge is 0.507 e. The number of aliphatic hydroxyl groups excluding tert-OH is 1. The number of anilines is 1. The Morgan fingerprint density at radius 3 is 2.18 bits per heavy atom. The first-order chi connectivity index (χ1) is 18.2. The van der Waals surface area contributed by atoms with Crippen LogP contribution < -0.4 is 14.4 Å². The van der Waals surface area contributed by atoms with Gasteiger partial charge in [-0.25, -0.2) is 4.79 Å². The molecule has 38 heavy (non-hydrogen) atoms. The number of hydrogen-bond donors (Lipinski definition) is 1. The van der Waals surface area contributed by atoms with Gasteiger partial charge in [0.1, 0.15) is 17.3 Å². The Kier molecular flexibility index (Phi) is 7.52. The Labute approximate surface area is 221 Å². The van der Waals surface area contributed by atoms with E-state index in [9.17, 15) is 19.5 Å². The summed E-state index contributed by atoms with van der Waals surface area (Å²) in [5.74, 6) is -1.18. The number of hydrogen-bond acceptors (Lipinski definition) is 7. The lowest BCUT2D eigenvalue weighted by Crippen LogP contribution is -2.29. The number of ketones is 1. The highest BCUT2D eigenvalue weighted by Gasteiger charge is 2.47. The lowest BCUT2D eigenvalue weighted by atomic mass is 9.93. The van der Waals surface area contributed by atoms with Crippen molar-refractivity contribution in [1.82, 2.24) is 0 Å². The molecule has 4 rings (SSSR count). The average Bonchev–Trinajstić information content (AvgIpc) is 3.21. The van der Waals surface area contributed by atoms with Crippen LogP contribution >= 0.6 is 0 Å². The first kappa shape index (κ1) is 26.5. The van der Waals surface area contributed by atoms with E-state index in [1.54, 1.807) is 61.7 Å². The smallest absolute Gasteiger partial charge is 0.337 e. The highest BCUT2D eigenvalue weighted by atomic mass is 16.5. The molecule has 3 aromatic carbocycles. The van der Waals surface area contributed by atoms with Crippen LogP contribution in [0.15, 0.2) is 72.3 Å². The molecule has 8 heteroatoms. The van der Waals surface area contributed by atoms with E-state index in [1.165, 1.54) is 31.3 Å². The molecule has 8 nitrogen and oxygen atoms in total. The number of aliphatic hydroxyl groups is 1. The topological polar surface area (TPSA) is 102 Å². The summed E-state index contributed by atoms with van der Waals surface area (Å²) in [4.78, 5) is 40.1. The minimum absolute atomic E-state index is 0.0554. The van der Waals surface area contributed by atoms with E-state index in [4.69, 9.17) is 14.2 Å². The van der Waals surface area contributed by atoms with Crippen molar-refractivity contribution < 1.29 is 33.7 Å². The van der Waals surface area contributed by atoms with E-state index in [-0.39, 0.29) is 17.3 Å². The second-order valence-corrected chi connectivity index (χ2v) is 9.10. The SMILES string of the molecule is COC(=O)c1ccc(N2C(=O)C(=O)/C(=C(\O)c3ccc(OC)c(C(C)C)c3)C2c2cccc(OC)c2)cc1. The van der Waals surface area contributed by atoms with Crippen molar-refractivity contribution in [3.8, 4) is 11.5 Å². The van der Waals surface area contributed by atoms with Gasteiger partial charge in [0.2, 0.25) is 0 Å². The molecule has 0 aliphatic carbocycles. The minimum atomic E-state index is -0.946. The maximum absolute atomic E-state index is 13.5. The summed E-state index contributed by atoms with van der Waals surface area (Å²) in [6, 6.07) is 17.3. The van der Waals surface area contributed by atoms with Gasteiger partial charge in [0.05, 0.1) is 38.5 Å². The lowest BCUT2D eigenvalue weighted by Gasteiger charge is -2.26. The van der Waals surface area contributed by atoms with Crippen molar-refractivity contribution in [3.63, 3.8) is 0 Å². The van der Waals surface area contributed by atoms with Gasteiger partial charge in [0.25, 0.3) is 11.7 Å². The molecule has 0 bridgehead atoms. The van der Waals surface area contributed by atoms with Crippen LogP contribution in [0.25, 0.3) is 5.76 Å². The number of amides is 1. The number of carbonyl (C=O) groups excluding carboxylic acids is 3. The fourth-order valence-corrected chi connectivity index (χ4v) is 4.59. The first-order valence-electron chi connectivity index (χ1n) is 12.0. The normalized spacial score (nSPS) is 16.6. The Bertz CT molecular complexity index is 1420. The molecule has 1 N–H and O–H groups in total. The average molecular weight is 516 g/mol. The molecule has 0 spiro atoms. The van der Waals surface area contributed by atoms with Crippen molar-refractivity contribution in [1.29, 1.82) is 0 Å². The molecule has 1 unspecified atom stereocenters. The maximum atomic E-state index is 13.5. The molecular formula is C30H29NO7. The van der Waals surface area contributed by atoms with Gasteiger partial charge >= 0.3 is 5.97 Å². The van der Waals surface area contributed by atoms with E-state index < -0.39 is 23.7 Å². The number of carbonyl (C=O) groups is 3. The number of benzene rings is 3. The number of esters is 1. The first-order valence-corrected chi connectivity index (χ1v) is 12.0. The van der Waals surface area contributed by atoms with E-state index in [0.29, 0.717) is 33.9 Å². The van der Waals surface area contributed by atoms with Crippen LogP contribution in [-0.2, 0) is 14.3 Å². The Hall–Kier alpha value is -4.59. The van der Waals surface area contributed by atoms with Crippen LogP contribution in [0, 0.1) is 0 Å². The molecule has 1 heterocycles. The van der Waals surface area contributed by atoms with Crippen LogP contribution in [-0.4, -0.2) is 44.1 Å². The zero-order chi connectivity index (χ0) is 27.6. The van der Waals surface area contributed by atoms with E-state index >= 15 is 0 Å². The molecule has 3 aromatic rings. The molecule has 0 radical (unpaired) electrons. The van der Waals surface area contributed by atoms with Gasteiger partial charge in [-0.15, -0.1) is 0 Å². The molecule has 1 saturated heterocycles. The molecule has 1 atom stereocenters. The highest BCUT2D eigenvalue weighted by Crippen LogP contribution is 2.43. The van der Waals surface area contributed by atoms with Crippen molar-refractivity contribution >= 4 is 29.1 Å². The van der Waals surface area contributed by atoms with Crippen LogP contribution in [0.3, 0.4) is 0 Å². The number of ether oxygens (including phenoxy) is 3. The van der Waals surface area contributed by atoms with E-state index in [1.807, 2.05) is 13.8 Å². The highest BCUT2D eigenvalue weighted by molar-refractivity contribution is 6.51. The van der Waals surface area contributed by atoms with Gasteiger partial charge < -0.3 is 19.3 Å². The predicted molar refractivity (Wildman–Crippen MR) is 143 cm³/mol. The molecule has 0 aromatic heterocycles. The second-order valence-electron chi connectivity index (χ2n) is 9.10. The summed E-state index contributed by atoms with van der Waals surface area (Å²) in [6.45, 7) is 3.99. The van der Waals surface area contributed by atoms with E-state index in [2.05, 4.69) is 0 Å². The molecule has 0 saturated carbocycles. The Balaban J connectivity index is 1.93. The van der Waals surface area contributed by atoms with Gasteiger partial charge in [0, 0.05) is 11.3 Å².